The summed E-state index contributed by atoms with van der Waals surface area (Å²) in [6, 6.07) is 0.728. The second-order valence-corrected chi connectivity index (χ2v) is 4.94. The Labute approximate surface area is 96.4 Å². The Hall–Kier alpha value is -1.06. The molecule has 90 valence electrons. The highest BCUT2D eigenvalue weighted by Gasteiger charge is 2.38. The van der Waals surface area contributed by atoms with Crippen LogP contribution in [0.3, 0.4) is 0 Å². The SMILES string of the molecule is CCC1CCC(C)N1C(=O)C1CNC(=O)C1. The van der Waals surface area contributed by atoms with E-state index in [4.69, 9.17) is 0 Å². The maximum Gasteiger partial charge on any atom is 0.228 e. The van der Waals surface area contributed by atoms with Crippen LogP contribution in [0, 0.1) is 5.92 Å². The van der Waals surface area contributed by atoms with E-state index in [2.05, 4.69) is 19.2 Å². The fraction of sp³-hybridized carbons (Fsp3) is 0.833. The summed E-state index contributed by atoms with van der Waals surface area (Å²) >= 11 is 0. The van der Waals surface area contributed by atoms with Crippen molar-refractivity contribution in [2.45, 2.75) is 51.6 Å². The number of hydrogen-bond acceptors (Lipinski definition) is 2. The summed E-state index contributed by atoms with van der Waals surface area (Å²) in [7, 11) is 0. The molecule has 2 rings (SSSR count). The van der Waals surface area contributed by atoms with Gasteiger partial charge in [-0.2, -0.15) is 0 Å². The molecular formula is C12H20N2O2. The maximum absolute atomic E-state index is 12.3. The van der Waals surface area contributed by atoms with Crippen LogP contribution in [0.25, 0.3) is 0 Å². The molecule has 0 aromatic heterocycles. The Bertz CT molecular complexity index is 303. The third-order valence-corrected chi connectivity index (χ3v) is 3.84. The lowest BCUT2D eigenvalue weighted by molar-refractivity contribution is -0.138. The molecule has 0 radical (unpaired) electrons. The van der Waals surface area contributed by atoms with Gasteiger partial charge in [0.15, 0.2) is 0 Å². The van der Waals surface area contributed by atoms with Crippen molar-refractivity contribution < 1.29 is 9.59 Å². The molecule has 0 spiro atoms. The predicted molar refractivity (Wildman–Crippen MR) is 60.7 cm³/mol. The first-order valence-electron chi connectivity index (χ1n) is 6.22. The van der Waals surface area contributed by atoms with E-state index in [1.165, 1.54) is 0 Å². The summed E-state index contributed by atoms with van der Waals surface area (Å²) in [5, 5.41) is 2.74. The fourth-order valence-corrected chi connectivity index (χ4v) is 2.86. The van der Waals surface area contributed by atoms with Crippen molar-refractivity contribution in [1.82, 2.24) is 10.2 Å². The highest BCUT2D eigenvalue weighted by atomic mass is 16.2. The van der Waals surface area contributed by atoms with Crippen molar-refractivity contribution in [1.29, 1.82) is 0 Å². The summed E-state index contributed by atoms with van der Waals surface area (Å²) in [4.78, 5) is 25.4. The largest absolute Gasteiger partial charge is 0.355 e. The lowest BCUT2D eigenvalue weighted by atomic mass is 10.1. The van der Waals surface area contributed by atoms with Gasteiger partial charge in [0, 0.05) is 25.0 Å². The molecule has 2 aliphatic rings. The van der Waals surface area contributed by atoms with E-state index in [1.54, 1.807) is 0 Å². The first-order chi connectivity index (χ1) is 7.63. The van der Waals surface area contributed by atoms with Gasteiger partial charge < -0.3 is 10.2 Å². The van der Waals surface area contributed by atoms with E-state index in [0.717, 1.165) is 19.3 Å². The number of hydrogen-bond donors (Lipinski definition) is 1. The van der Waals surface area contributed by atoms with Gasteiger partial charge in [0.2, 0.25) is 11.8 Å². The molecule has 1 N–H and O–H groups in total. The molecule has 16 heavy (non-hydrogen) atoms. The Morgan fingerprint density at radius 3 is 2.81 bits per heavy atom. The van der Waals surface area contributed by atoms with Gasteiger partial charge in [-0.05, 0) is 26.2 Å². The van der Waals surface area contributed by atoms with Gasteiger partial charge in [-0.15, -0.1) is 0 Å². The van der Waals surface area contributed by atoms with Crippen molar-refractivity contribution in [2.24, 2.45) is 5.92 Å². The Morgan fingerprint density at radius 1 is 1.50 bits per heavy atom. The van der Waals surface area contributed by atoms with Crippen LogP contribution in [0.5, 0.6) is 0 Å². The molecule has 0 aromatic rings. The molecule has 0 aliphatic carbocycles. The second kappa shape index (κ2) is 4.44. The third-order valence-electron chi connectivity index (χ3n) is 3.84. The molecule has 2 fully saturated rings. The number of likely N-dealkylation sites (tertiary alicyclic amines) is 1. The van der Waals surface area contributed by atoms with Crippen LogP contribution < -0.4 is 5.32 Å². The summed E-state index contributed by atoms with van der Waals surface area (Å²) in [5.41, 5.74) is 0. The minimum Gasteiger partial charge on any atom is -0.355 e. The lowest BCUT2D eigenvalue weighted by Crippen LogP contribution is -2.43. The number of nitrogens with one attached hydrogen (secondary N) is 1. The highest BCUT2D eigenvalue weighted by Crippen LogP contribution is 2.28. The van der Waals surface area contributed by atoms with Gasteiger partial charge in [-0.1, -0.05) is 6.92 Å². The van der Waals surface area contributed by atoms with Crippen LogP contribution in [-0.4, -0.2) is 35.3 Å². The van der Waals surface area contributed by atoms with Crippen LogP contribution >= 0.6 is 0 Å². The van der Waals surface area contributed by atoms with Gasteiger partial charge in [0.05, 0.1) is 5.92 Å². The molecule has 2 amide bonds. The smallest absolute Gasteiger partial charge is 0.228 e. The quantitative estimate of drug-likeness (QED) is 0.758. The molecule has 4 heteroatoms. The molecule has 3 unspecified atom stereocenters. The average Bonchev–Trinajstić information content (AvgIpc) is 2.83. The molecule has 2 saturated heterocycles. The number of rotatable bonds is 2. The van der Waals surface area contributed by atoms with Crippen LogP contribution in [0.15, 0.2) is 0 Å². The van der Waals surface area contributed by atoms with E-state index in [1.807, 2.05) is 4.90 Å². The number of nitrogens with zero attached hydrogens (tertiary/aromatic N) is 1. The number of carbonyl (C=O) groups is 2. The first-order valence-corrected chi connectivity index (χ1v) is 6.22. The lowest BCUT2D eigenvalue weighted by Gasteiger charge is -2.30. The van der Waals surface area contributed by atoms with Gasteiger partial charge in [0.25, 0.3) is 0 Å². The van der Waals surface area contributed by atoms with Gasteiger partial charge in [-0.25, -0.2) is 0 Å². The minimum absolute atomic E-state index is 0.0123. The van der Waals surface area contributed by atoms with E-state index in [9.17, 15) is 9.59 Å². The molecular weight excluding hydrogens is 204 g/mol. The Morgan fingerprint density at radius 2 is 2.25 bits per heavy atom. The van der Waals surface area contributed by atoms with Gasteiger partial charge in [-0.3, -0.25) is 9.59 Å². The van der Waals surface area contributed by atoms with Crippen LogP contribution in [-0.2, 0) is 9.59 Å². The molecule has 2 aliphatic heterocycles. The zero-order valence-electron chi connectivity index (χ0n) is 10.0. The minimum atomic E-state index is -0.123. The first kappa shape index (κ1) is 11.4. The standard InChI is InChI=1S/C12H20N2O2/c1-3-10-5-4-8(2)14(10)12(16)9-6-11(15)13-7-9/h8-10H,3-7H2,1-2H3,(H,13,15). The summed E-state index contributed by atoms with van der Waals surface area (Å²) in [5.74, 6) is 0.0653. The van der Waals surface area contributed by atoms with Crippen LogP contribution in [0.2, 0.25) is 0 Å². The summed E-state index contributed by atoms with van der Waals surface area (Å²) in [6.45, 7) is 4.76. The van der Waals surface area contributed by atoms with Crippen molar-refractivity contribution in [3.63, 3.8) is 0 Å². The van der Waals surface area contributed by atoms with E-state index in [-0.39, 0.29) is 17.7 Å². The zero-order chi connectivity index (χ0) is 11.7. The second-order valence-electron chi connectivity index (χ2n) is 4.94. The fourth-order valence-electron chi connectivity index (χ4n) is 2.86. The third kappa shape index (κ3) is 1.93. The Balaban J connectivity index is 2.05. The molecule has 0 bridgehead atoms. The highest BCUT2D eigenvalue weighted by molar-refractivity contribution is 5.89. The van der Waals surface area contributed by atoms with Crippen LogP contribution in [0.1, 0.15) is 39.5 Å². The van der Waals surface area contributed by atoms with Crippen molar-refractivity contribution in [2.75, 3.05) is 6.54 Å². The maximum atomic E-state index is 12.3. The Kier molecular flexibility index (Phi) is 3.17. The van der Waals surface area contributed by atoms with Gasteiger partial charge >= 0.3 is 0 Å². The van der Waals surface area contributed by atoms with Crippen molar-refractivity contribution in [3.05, 3.63) is 0 Å². The van der Waals surface area contributed by atoms with Gasteiger partial charge in [0.1, 0.15) is 0 Å². The molecule has 0 aromatic carbocycles. The van der Waals surface area contributed by atoms with Crippen LogP contribution in [0.4, 0.5) is 0 Å². The summed E-state index contributed by atoms with van der Waals surface area (Å²) < 4.78 is 0. The van der Waals surface area contributed by atoms with E-state index >= 15 is 0 Å². The van der Waals surface area contributed by atoms with E-state index < -0.39 is 0 Å². The molecule has 0 saturated carbocycles. The predicted octanol–water partition coefficient (Wildman–Crippen LogP) is 0.912. The summed E-state index contributed by atoms with van der Waals surface area (Å²) in [6.07, 6.45) is 3.60. The average molecular weight is 224 g/mol. The number of amides is 2. The molecule has 2 heterocycles. The zero-order valence-corrected chi connectivity index (χ0v) is 10.0. The monoisotopic (exact) mass is 224 g/mol. The number of carbonyl (C=O) groups excluding carboxylic acids is 2. The molecule has 3 atom stereocenters. The van der Waals surface area contributed by atoms with Crippen molar-refractivity contribution in [3.8, 4) is 0 Å². The topological polar surface area (TPSA) is 49.4 Å². The van der Waals surface area contributed by atoms with Crippen molar-refractivity contribution >= 4 is 11.8 Å². The van der Waals surface area contributed by atoms with E-state index in [0.29, 0.717) is 25.0 Å². The normalized spacial score (nSPS) is 34.2. The molecule has 4 nitrogen and oxygen atoms in total.